The lowest BCUT2D eigenvalue weighted by Gasteiger charge is -2.16. The number of ether oxygens (including phenoxy) is 1. The molecule has 0 radical (unpaired) electrons. The summed E-state index contributed by atoms with van der Waals surface area (Å²) in [5, 5.41) is 11.7. The molecule has 0 saturated carbocycles. The summed E-state index contributed by atoms with van der Waals surface area (Å²) in [5.74, 6) is -0.676. The summed E-state index contributed by atoms with van der Waals surface area (Å²) in [6.07, 6.45) is 0.606. The molecular weight excluding hydrogens is 270 g/mol. The largest absolute Gasteiger partial charge is 0.496 e. The van der Waals surface area contributed by atoms with Gasteiger partial charge in [-0.2, -0.15) is 0 Å². The van der Waals surface area contributed by atoms with Crippen LogP contribution in [0.2, 0.25) is 0 Å². The first-order valence-electron chi connectivity index (χ1n) is 6.70. The first kappa shape index (κ1) is 16.8. The fourth-order valence-electron chi connectivity index (χ4n) is 1.92. The summed E-state index contributed by atoms with van der Waals surface area (Å²) in [7, 11) is 1.60. The molecule has 0 aliphatic carbocycles. The Morgan fingerprint density at radius 3 is 2.43 bits per heavy atom. The Kier molecular flexibility index (Phi) is 5.96. The second-order valence-corrected chi connectivity index (χ2v) is 4.95. The maximum atomic E-state index is 12.0. The van der Waals surface area contributed by atoms with Crippen LogP contribution in [0.3, 0.4) is 0 Å². The smallest absolute Gasteiger partial charge is 0.331 e. The molecule has 5 heteroatoms. The van der Waals surface area contributed by atoms with Crippen molar-refractivity contribution in [2.45, 2.75) is 33.2 Å². The van der Waals surface area contributed by atoms with Crippen LogP contribution in [0.4, 0.5) is 0 Å². The van der Waals surface area contributed by atoms with Crippen LogP contribution < -0.4 is 10.1 Å². The molecule has 0 aliphatic rings. The zero-order valence-electron chi connectivity index (χ0n) is 12.8. The Balaban J connectivity index is 2.74. The predicted molar refractivity (Wildman–Crippen MR) is 80.3 cm³/mol. The van der Waals surface area contributed by atoms with Crippen LogP contribution in [-0.4, -0.2) is 30.1 Å². The van der Waals surface area contributed by atoms with Crippen LogP contribution in [0.5, 0.6) is 5.75 Å². The van der Waals surface area contributed by atoms with Crippen molar-refractivity contribution in [3.63, 3.8) is 0 Å². The van der Waals surface area contributed by atoms with Gasteiger partial charge in [0.15, 0.2) is 0 Å². The highest BCUT2D eigenvalue weighted by atomic mass is 16.5. The van der Waals surface area contributed by atoms with Crippen molar-refractivity contribution in [3.05, 3.63) is 41.0 Å². The van der Waals surface area contributed by atoms with E-state index >= 15 is 0 Å². The molecule has 114 valence electrons. The van der Waals surface area contributed by atoms with Crippen LogP contribution in [0.1, 0.15) is 26.3 Å². The van der Waals surface area contributed by atoms with Gasteiger partial charge in [0.2, 0.25) is 5.91 Å². The van der Waals surface area contributed by atoms with Crippen molar-refractivity contribution in [3.8, 4) is 5.75 Å². The number of methoxy groups -OCH3 is 1. The lowest BCUT2D eigenvalue weighted by atomic mass is 10.0. The van der Waals surface area contributed by atoms with E-state index in [1.54, 1.807) is 7.11 Å². The van der Waals surface area contributed by atoms with E-state index in [-0.39, 0.29) is 23.1 Å². The number of carboxylic acid groups (broad SMARTS) is 1. The van der Waals surface area contributed by atoms with E-state index in [4.69, 9.17) is 9.84 Å². The molecule has 1 atom stereocenters. The second-order valence-electron chi connectivity index (χ2n) is 4.95. The summed E-state index contributed by atoms with van der Waals surface area (Å²) in [6.45, 7) is 4.80. The molecule has 1 rings (SSSR count). The van der Waals surface area contributed by atoms with Gasteiger partial charge >= 0.3 is 5.97 Å². The Morgan fingerprint density at radius 2 is 1.86 bits per heavy atom. The number of carbonyl (C=O) groups is 2. The molecule has 0 saturated heterocycles. The summed E-state index contributed by atoms with van der Waals surface area (Å²) in [4.78, 5) is 22.8. The number of rotatable bonds is 6. The fraction of sp³-hybridized carbons (Fsp3) is 0.375. The SMILES string of the molecule is COc1ccccc1CC(C)NC(=O)C(C)=C(C)C(=O)O. The van der Waals surface area contributed by atoms with Crippen molar-refractivity contribution >= 4 is 11.9 Å². The Hall–Kier alpha value is -2.30. The minimum atomic E-state index is -1.08. The molecule has 0 spiro atoms. The molecule has 1 aromatic rings. The molecule has 0 bridgehead atoms. The van der Waals surface area contributed by atoms with E-state index < -0.39 is 5.97 Å². The van der Waals surface area contributed by atoms with Gasteiger partial charge in [-0.05, 0) is 38.8 Å². The molecule has 1 aromatic carbocycles. The molecule has 0 heterocycles. The Morgan fingerprint density at radius 1 is 1.24 bits per heavy atom. The average molecular weight is 291 g/mol. The van der Waals surface area contributed by atoms with Gasteiger partial charge in [0.1, 0.15) is 5.75 Å². The summed E-state index contributed by atoms with van der Waals surface area (Å²) in [5.41, 5.74) is 1.26. The molecule has 5 nitrogen and oxygen atoms in total. The van der Waals surface area contributed by atoms with E-state index in [0.29, 0.717) is 6.42 Å². The predicted octanol–water partition coefficient (Wildman–Crippen LogP) is 2.16. The number of para-hydroxylation sites is 1. The zero-order chi connectivity index (χ0) is 16.0. The van der Waals surface area contributed by atoms with Crippen molar-refractivity contribution in [2.24, 2.45) is 0 Å². The van der Waals surface area contributed by atoms with E-state index in [1.165, 1.54) is 13.8 Å². The Labute approximate surface area is 124 Å². The molecule has 21 heavy (non-hydrogen) atoms. The summed E-state index contributed by atoms with van der Waals surface area (Å²) >= 11 is 0. The van der Waals surface area contributed by atoms with Gasteiger partial charge in [-0.15, -0.1) is 0 Å². The van der Waals surface area contributed by atoms with E-state index in [1.807, 2.05) is 31.2 Å². The lowest BCUT2D eigenvalue weighted by molar-refractivity contribution is -0.133. The van der Waals surface area contributed by atoms with Crippen LogP contribution >= 0.6 is 0 Å². The fourth-order valence-corrected chi connectivity index (χ4v) is 1.92. The van der Waals surface area contributed by atoms with Gasteiger partial charge in [0.25, 0.3) is 0 Å². The molecule has 2 N–H and O–H groups in total. The quantitative estimate of drug-likeness (QED) is 0.788. The highest BCUT2D eigenvalue weighted by Crippen LogP contribution is 2.19. The number of aliphatic carboxylic acids is 1. The third kappa shape index (κ3) is 4.63. The average Bonchev–Trinajstić information content (AvgIpc) is 2.45. The van der Waals surface area contributed by atoms with Crippen LogP contribution in [0.15, 0.2) is 35.4 Å². The Bertz CT molecular complexity index is 563. The molecule has 0 fully saturated rings. The normalized spacial score (nSPS) is 13.1. The minimum absolute atomic E-state index is 0.0528. The number of carbonyl (C=O) groups excluding carboxylic acids is 1. The monoisotopic (exact) mass is 291 g/mol. The number of nitrogens with one attached hydrogen (secondary N) is 1. The van der Waals surface area contributed by atoms with Crippen molar-refractivity contribution < 1.29 is 19.4 Å². The molecule has 1 amide bonds. The van der Waals surface area contributed by atoms with E-state index in [9.17, 15) is 9.59 Å². The number of benzene rings is 1. The number of hydrogen-bond donors (Lipinski definition) is 2. The van der Waals surface area contributed by atoms with Crippen molar-refractivity contribution in [2.75, 3.05) is 7.11 Å². The van der Waals surface area contributed by atoms with Gasteiger partial charge in [-0.1, -0.05) is 18.2 Å². The van der Waals surface area contributed by atoms with Crippen molar-refractivity contribution in [1.29, 1.82) is 0 Å². The van der Waals surface area contributed by atoms with Crippen LogP contribution in [0.25, 0.3) is 0 Å². The first-order chi connectivity index (χ1) is 9.86. The maximum absolute atomic E-state index is 12.0. The first-order valence-corrected chi connectivity index (χ1v) is 6.70. The van der Waals surface area contributed by atoms with Gasteiger partial charge in [0, 0.05) is 17.2 Å². The molecular formula is C16H21NO4. The molecule has 0 aliphatic heterocycles. The standard InChI is InChI=1S/C16H21NO4/c1-10(9-13-7-5-6-8-14(13)21-4)17-15(18)11(2)12(3)16(19)20/h5-8,10H,9H2,1-4H3,(H,17,18)(H,19,20). The van der Waals surface area contributed by atoms with E-state index in [2.05, 4.69) is 5.32 Å². The topological polar surface area (TPSA) is 75.6 Å². The second kappa shape index (κ2) is 7.47. The maximum Gasteiger partial charge on any atom is 0.331 e. The summed E-state index contributed by atoms with van der Waals surface area (Å²) < 4.78 is 5.27. The lowest BCUT2D eigenvalue weighted by Crippen LogP contribution is -2.35. The third-order valence-electron chi connectivity index (χ3n) is 3.32. The molecule has 1 unspecified atom stereocenters. The number of amides is 1. The number of carboxylic acids is 1. The third-order valence-corrected chi connectivity index (χ3v) is 3.32. The van der Waals surface area contributed by atoms with Gasteiger partial charge in [-0.3, -0.25) is 4.79 Å². The highest BCUT2D eigenvalue weighted by molar-refractivity contribution is 6.01. The minimum Gasteiger partial charge on any atom is -0.496 e. The number of hydrogen-bond acceptors (Lipinski definition) is 3. The van der Waals surface area contributed by atoms with Gasteiger partial charge < -0.3 is 15.2 Å². The highest BCUT2D eigenvalue weighted by Gasteiger charge is 2.15. The van der Waals surface area contributed by atoms with Crippen LogP contribution in [0, 0.1) is 0 Å². The summed E-state index contributed by atoms with van der Waals surface area (Å²) in [6, 6.07) is 7.46. The van der Waals surface area contributed by atoms with Gasteiger partial charge in [0.05, 0.1) is 7.11 Å². The zero-order valence-corrected chi connectivity index (χ0v) is 12.8. The van der Waals surface area contributed by atoms with Crippen LogP contribution in [-0.2, 0) is 16.0 Å². The van der Waals surface area contributed by atoms with Crippen molar-refractivity contribution in [1.82, 2.24) is 5.32 Å². The van der Waals surface area contributed by atoms with Gasteiger partial charge in [-0.25, -0.2) is 4.79 Å². The van der Waals surface area contributed by atoms with E-state index in [0.717, 1.165) is 11.3 Å². The molecule has 0 aromatic heterocycles.